The summed E-state index contributed by atoms with van der Waals surface area (Å²) in [5.41, 5.74) is 0. The second-order valence-electron chi connectivity index (χ2n) is 2.18. The van der Waals surface area contributed by atoms with Crippen LogP contribution < -0.4 is 0 Å². The van der Waals surface area contributed by atoms with E-state index in [2.05, 4.69) is 0 Å². The molecule has 0 rings (SSSR count). The molecule has 10 heavy (non-hydrogen) atoms. The lowest BCUT2D eigenvalue weighted by atomic mass is 10.1. The predicted molar refractivity (Wildman–Crippen MR) is 36.5 cm³/mol. The van der Waals surface area contributed by atoms with Gasteiger partial charge in [0.25, 0.3) is 0 Å². The van der Waals surface area contributed by atoms with Gasteiger partial charge in [0.1, 0.15) is 0 Å². The summed E-state index contributed by atoms with van der Waals surface area (Å²) in [5, 5.41) is 9.32. The number of hydrogen-bond acceptors (Lipinski definition) is 3. The molecule has 0 aromatic heterocycles. The SMILES string of the molecule is CC(CC(=O)Cl)C[N+](=O)[O-]. The summed E-state index contributed by atoms with van der Waals surface area (Å²) in [4.78, 5) is 19.6. The number of halogens is 1. The molecule has 0 amide bonds. The third kappa shape index (κ3) is 5.50. The normalized spacial score (nSPS) is 12.6. The van der Waals surface area contributed by atoms with Gasteiger partial charge in [0.15, 0.2) is 0 Å². The highest BCUT2D eigenvalue weighted by Crippen LogP contribution is 2.03. The van der Waals surface area contributed by atoms with Crippen LogP contribution in [-0.2, 0) is 4.79 Å². The molecule has 0 aliphatic heterocycles. The van der Waals surface area contributed by atoms with Crippen molar-refractivity contribution in [2.24, 2.45) is 5.92 Å². The molecule has 0 fully saturated rings. The van der Waals surface area contributed by atoms with Crippen LogP contribution in [0, 0.1) is 16.0 Å². The predicted octanol–water partition coefficient (Wildman–Crippen LogP) is 1.05. The van der Waals surface area contributed by atoms with Crippen molar-refractivity contribution in [2.75, 3.05) is 6.54 Å². The molecule has 0 saturated carbocycles. The first-order valence-corrected chi connectivity index (χ1v) is 3.20. The van der Waals surface area contributed by atoms with Crippen LogP contribution in [-0.4, -0.2) is 16.7 Å². The summed E-state index contributed by atoms with van der Waals surface area (Å²) < 4.78 is 0. The summed E-state index contributed by atoms with van der Waals surface area (Å²) in [7, 11) is 0. The van der Waals surface area contributed by atoms with Gasteiger partial charge in [-0.2, -0.15) is 0 Å². The quantitative estimate of drug-likeness (QED) is 0.356. The van der Waals surface area contributed by atoms with Crippen LogP contribution in [0.2, 0.25) is 0 Å². The summed E-state index contributed by atoms with van der Waals surface area (Å²) in [5.74, 6) is -0.264. The number of carbonyl (C=O) groups excluding carboxylic acids is 1. The number of nitro groups is 1. The highest BCUT2D eigenvalue weighted by Gasteiger charge is 2.11. The van der Waals surface area contributed by atoms with Gasteiger partial charge in [-0.15, -0.1) is 0 Å². The Hall–Kier alpha value is -0.640. The Kier molecular flexibility index (Phi) is 3.95. The molecule has 1 atom stereocenters. The molecule has 1 unspecified atom stereocenters. The standard InChI is InChI=1S/C5H8ClNO3/c1-4(2-5(6)8)3-7(9)10/h4H,2-3H2,1H3. The first-order valence-electron chi connectivity index (χ1n) is 2.82. The van der Waals surface area contributed by atoms with E-state index < -0.39 is 10.2 Å². The summed E-state index contributed by atoms with van der Waals surface area (Å²) >= 11 is 4.99. The Morgan fingerprint density at radius 1 is 1.80 bits per heavy atom. The van der Waals surface area contributed by atoms with Crippen LogP contribution in [0.1, 0.15) is 13.3 Å². The minimum absolute atomic E-state index is 0.0720. The largest absolute Gasteiger partial charge is 0.281 e. The lowest BCUT2D eigenvalue weighted by molar-refractivity contribution is -0.487. The fourth-order valence-electron chi connectivity index (χ4n) is 0.593. The van der Waals surface area contributed by atoms with Crippen molar-refractivity contribution in [1.82, 2.24) is 0 Å². The molecule has 0 heterocycles. The van der Waals surface area contributed by atoms with Gasteiger partial charge < -0.3 is 0 Å². The van der Waals surface area contributed by atoms with E-state index in [0.29, 0.717) is 0 Å². The lowest BCUT2D eigenvalue weighted by Gasteiger charge is -1.99. The average Bonchev–Trinajstić information content (AvgIpc) is 1.58. The molecule has 0 saturated heterocycles. The van der Waals surface area contributed by atoms with Crippen molar-refractivity contribution in [3.05, 3.63) is 10.1 Å². The molecule has 0 aliphatic carbocycles. The van der Waals surface area contributed by atoms with Crippen LogP contribution in [0.15, 0.2) is 0 Å². The van der Waals surface area contributed by atoms with Crippen LogP contribution in [0.4, 0.5) is 0 Å². The molecule has 4 nitrogen and oxygen atoms in total. The minimum Gasteiger partial charge on any atom is -0.281 e. The topological polar surface area (TPSA) is 60.2 Å². The second kappa shape index (κ2) is 4.22. The fraction of sp³-hybridized carbons (Fsp3) is 0.800. The van der Waals surface area contributed by atoms with E-state index in [-0.39, 0.29) is 18.9 Å². The summed E-state index contributed by atoms with van der Waals surface area (Å²) in [6.07, 6.45) is 0.0720. The molecule has 58 valence electrons. The van der Waals surface area contributed by atoms with Crippen LogP contribution >= 0.6 is 11.6 Å². The number of nitrogens with zero attached hydrogens (tertiary/aromatic N) is 1. The molecule has 0 bridgehead atoms. The van der Waals surface area contributed by atoms with Crippen LogP contribution in [0.25, 0.3) is 0 Å². The van der Waals surface area contributed by atoms with Crippen molar-refractivity contribution in [3.63, 3.8) is 0 Å². The molecule has 5 heteroatoms. The van der Waals surface area contributed by atoms with E-state index >= 15 is 0 Å². The monoisotopic (exact) mass is 165 g/mol. The highest BCUT2D eigenvalue weighted by molar-refractivity contribution is 6.63. The molecule has 0 aromatic rings. The highest BCUT2D eigenvalue weighted by atomic mass is 35.5. The maximum atomic E-state index is 10.2. The molecular weight excluding hydrogens is 158 g/mol. The van der Waals surface area contributed by atoms with Crippen LogP contribution in [0.5, 0.6) is 0 Å². The summed E-state index contributed by atoms with van der Waals surface area (Å²) in [6.45, 7) is 1.42. The number of hydrogen-bond donors (Lipinski definition) is 0. The third-order valence-electron chi connectivity index (χ3n) is 0.970. The Bertz CT molecular complexity index is 132. The molecule has 0 radical (unpaired) electrons. The van der Waals surface area contributed by atoms with Crippen molar-refractivity contribution >= 4 is 16.8 Å². The fourth-order valence-corrected chi connectivity index (χ4v) is 0.856. The van der Waals surface area contributed by atoms with Gasteiger partial charge in [-0.25, -0.2) is 0 Å². The van der Waals surface area contributed by atoms with Gasteiger partial charge >= 0.3 is 0 Å². The van der Waals surface area contributed by atoms with E-state index in [1.165, 1.54) is 0 Å². The zero-order chi connectivity index (χ0) is 8.15. The van der Waals surface area contributed by atoms with Gasteiger partial charge in [0.05, 0.1) is 0 Å². The van der Waals surface area contributed by atoms with E-state index in [1.54, 1.807) is 6.92 Å². The minimum atomic E-state index is -0.519. The van der Waals surface area contributed by atoms with Crippen molar-refractivity contribution in [1.29, 1.82) is 0 Å². The Labute approximate surface area is 63.3 Å². The Morgan fingerprint density at radius 2 is 2.30 bits per heavy atom. The molecule has 0 spiro atoms. The van der Waals surface area contributed by atoms with Crippen molar-refractivity contribution in [2.45, 2.75) is 13.3 Å². The van der Waals surface area contributed by atoms with Crippen molar-refractivity contribution < 1.29 is 9.72 Å². The lowest BCUT2D eigenvalue weighted by Crippen LogP contribution is -2.12. The summed E-state index contributed by atoms with van der Waals surface area (Å²) in [6, 6.07) is 0. The second-order valence-corrected chi connectivity index (χ2v) is 2.60. The van der Waals surface area contributed by atoms with Gasteiger partial charge in [0, 0.05) is 17.3 Å². The van der Waals surface area contributed by atoms with Crippen molar-refractivity contribution in [3.8, 4) is 0 Å². The maximum Gasteiger partial charge on any atom is 0.222 e. The zero-order valence-corrected chi connectivity index (χ0v) is 6.30. The molecule has 0 N–H and O–H groups in total. The number of rotatable bonds is 4. The van der Waals surface area contributed by atoms with Gasteiger partial charge in [-0.3, -0.25) is 14.9 Å². The zero-order valence-electron chi connectivity index (χ0n) is 5.54. The first kappa shape index (κ1) is 9.36. The van der Waals surface area contributed by atoms with Gasteiger partial charge in [-0.05, 0) is 11.6 Å². The maximum absolute atomic E-state index is 10.2. The molecular formula is C5H8ClNO3. The smallest absolute Gasteiger partial charge is 0.222 e. The first-order chi connectivity index (χ1) is 4.52. The van der Waals surface area contributed by atoms with E-state index in [9.17, 15) is 14.9 Å². The average molecular weight is 166 g/mol. The number of carbonyl (C=O) groups is 1. The third-order valence-corrected chi connectivity index (χ3v) is 1.12. The Morgan fingerprint density at radius 3 is 2.60 bits per heavy atom. The Balaban J connectivity index is 3.53. The molecule has 0 aliphatic rings. The molecule has 0 aromatic carbocycles. The van der Waals surface area contributed by atoms with E-state index in [4.69, 9.17) is 11.6 Å². The van der Waals surface area contributed by atoms with Crippen LogP contribution in [0.3, 0.4) is 0 Å². The van der Waals surface area contributed by atoms with Gasteiger partial charge in [-0.1, -0.05) is 6.92 Å². The van der Waals surface area contributed by atoms with E-state index in [0.717, 1.165) is 0 Å². The van der Waals surface area contributed by atoms with Gasteiger partial charge in [0.2, 0.25) is 11.8 Å². The van der Waals surface area contributed by atoms with E-state index in [1.807, 2.05) is 0 Å².